The zero-order chi connectivity index (χ0) is 18.9. The Morgan fingerprint density at radius 2 is 1.67 bits per heavy atom. The quantitative estimate of drug-likeness (QED) is 0.665. The Balaban J connectivity index is 1.63. The molecule has 138 valence electrons. The number of hydrogen-bond acceptors (Lipinski definition) is 3. The van der Waals surface area contributed by atoms with Crippen LogP contribution in [0.4, 0.5) is 0 Å². The Bertz CT molecular complexity index is 833. The molecule has 3 rings (SSSR count). The molecule has 2 aromatic carbocycles. The summed E-state index contributed by atoms with van der Waals surface area (Å²) in [5.41, 5.74) is 3.29. The van der Waals surface area contributed by atoms with E-state index < -0.39 is 0 Å². The summed E-state index contributed by atoms with van der Waals surface area (Å²) in [7, 11) is 1.65. The molecule has 0 saturated heterocycles. The van der Waals surface area contributed by atoms with E-state index in [1.807, 2.05) is 66.7 Å². The van der Waals surface area contributed by atoms with Crippen LogP contribution in [-0.2, 0) is 17.6 Å². The van der Waals surface area contributed by atoms with Crippen molar-refractivity contribution >= 4 is 5.91 Å². The zero-order valence-electron chi connectivity index (χ0n) is 15.5. The lowest BCUT2D eigenvalue weighted by Crippen LogP contribution is -2.32. The van der Waals surface area contributed by atoms with Gasteiger partial charge in [0.05, 0.1) is 13.0 Å². The first kappa shape index (κ1) is 18.6. The van der Waals surface area contributed by atoms with Crippen molar-refractivity contribution in [1.29, 1.82) is 0 Å². The third-order valence-electron chi connectivity index (χ3n) is 4.58. The lowest BCUT2D eigenvalue weighted by atomic mass is 9.91. The highest BCUT2D eigenvalue weighted by Crippen LogP contribution is 2.21. The molecular formula is C23H24N2O2. The standard InChI is InChI=1S/C23H24N2O2/c1-27-21-9-7-18(8-10-21)13-16-25-23(26)22(20-5-3-2-4-6-20)17-19-11-14-24-15-12-19/h2-12,14-15,22H,13,16-17H2,1H3,(H,25,26). The normalized spacial score (nSPS) is 11.6. The highest BCUT2D eigenvalue weighted by atomic mass is 16.5. The highest BCUT2D eigenvalue weighted by Gasteiger charge is 2.20. The molecule has 0 saturated carbocycles. The number of carbonyl (C=O) groups is 1. The maximum atomic E-state index is 12.9. The van der Waals surface area contributed by atoms with E-state index in [2.05, 4.69) is 10.3 Å². The third-order valence-corrected chi connectivity index (χ3v) is 4.58. The van der Waals surface area contributed by atoms with Crippen LogP contribution in [0.5, 0.6) is 5.75 Å². The van der Waals surface area contributed by atoms with E-state index >= 15 is 0 Å². The smallest absolute Gasteiger partial charge is 0.227 e. The summed E-state index contributed by atoms with van der Waals surface area (Å²) in [6, 6.07) is 21.8. The molecule has 0 radical (unpaired) electrons. The number of methoxy groups -OCH3 is 1. The summed E-state index contributed by atoms with van der Waals surface area (Å²) >= 11 is 0. The minimum atomic E-state index is -0.218. The van der Waals surface area contributed by atoms with Crippen LogP contribution in [0.25, 0.3) is 0 Å². The summed E-state index contributed by atoms with van der Waals surface area (Å²) in [5, 5.41) is 3.09. The van der Waals surface area contributed by atoms with Gasteiger partial charge in [0, 0.05) is 18.9 Å². The summed E-state index contributed by atoms with van der Waals surface area (Å²) in [4.78, 5) is 16.9. The molecule has 1 atom stereocenters. The third kappa shape index (κ3) is 5.42. The van der Waals surface area contributed by atoms with Gasteiger partial charge in [-0.15, -0.1) is 0 Å². The molecule has 4 heteroatoms. The van der Waals surface area contributed by atoms with E-state index in [1.54, 1.807) is 19.5 Å². The van der Waals surface area contributed by atoms with Crippen LogP contribution < -0.4 is 10.1 Å². The second-order valence-electron chi connectivity index (χ2n) is 6.41. The molecule has 0 spiro atoms. The summed E-state index contributed by atoms with van der Waals surface area (Å²) in [6.07, 6.45) is 4.96. The fourth-order valence-corrected chi connectivity index (χ4v) is 3.05. The predicted molar refractivity (Wildman–Crippen MR) is 107 cm³/mol. The molecule has 0 aliphatic heterocycles. The van der Waals surface area contributed by atoms with Crippen LogP contribution in [0.3, 0.4) is 0 Å². The van der Waals surface area contributed by atoms with Gasteiger partial charge < -0.3 is 10.1 Å². The van der Waals surface area contributed by atoms with Gasteiger partial charge in [-0.05, 0) is 53.8 Å². The molecule has 0 bridgehead atoms. The maximum Gasteiger partial charge on any atom is 0.227 e. The van der Waals surface area contributed by atoms with Gasteiger partial charge in [-0.25, -0.2) is 0 Å². The number of aromatic nitrogens is 1. The molecule has 1 N–H and O–H groups in total. The molecule has 1 aromatic heterocycles. The van der Waals surface area contributed by atoms with Gasteiger partial charge in [0.25, 0.3) is 0 Å². The molecule has 0 aliphatic carbocycles. The topological polar surface area (TPSA) is 51.2 Å². The predicted octanol–water partition coefficient (Wildman–Crippen LogP) is 3.78. The summed E-state index contributed by atoms with van der Waals surface area (Å²) in [6.45, 7) is 0.602. The molecule has 3 aromatic rings. The number of nitrogens with zero attached hydrogens (tertiary/aromatic N) is 1. The van der Waals surface area contributed by atoms with E-state index in [4.69, 9.17) is 4.74 Å². The van der Waals surface area contributed by atoms with Crippen LogP contribution in [0.1, 0.15) is 22.6 Å². The van der Waals surface area contributed by atoms with Crippen LogP contribution in [-0.4, -0.2) is 24.5 Å². The zero-order valence-corrected chi connectivity index (χ0v) is 15.5. The maximum absolute atomic E-state index is 12.9. The molecule has 0 fully saturated rings. The van der Waals surface area contributed by atoms with Gasteiger partial charge in [0.15, 0.2) is 0 Å². The largest absolute Gasteiger partial charge is 0.497 e. The molecule has 4 nitrogen and oxygen atoms in total. The van der Waals surface area contributed by atoms with E-state index in [0.29, 0.717) is 13.0 Å². The number of amides is 1. The van der Waals surface area contributed by atoms with Crippen LogP contribution in [0, 0.1) is 0 Å². The second kappa shape index (κ2) is 9.53. The van der Waals surface area contributed by atoms with Crippen molar-refractivity contribution in [3.8, 4) is 5.75 Å². The first-order valence-electron chi connectivity index (χ1n) is 9.11. The van der Waals surface area contributed by atoms with E-state index in [-0.39, 0.29) is 11.8 Å². The Hall–Kier alpha value is -3.14. The van der Waals surface area contributed by atoms with Crippen molar-refractivity contribution < 1.29 is 9.53 Å². The number of nitrogens with one attached hydrogen (secondary N) is 1. The minimum Gasteiger partial charge on any atom is -0.497 e. The number of rotatable bonds is 8. The average molecular weight is 360 g/mol. The van der Waals surface area contributed by atoms with Crippen molar-refractivity contribution in [1.82, 2.24) is 10.3 Å². The Morgan fingerprint density at radius 3 is 2.33 bits per heavy atom. The average Bonchev–Trinajstić information content (AvgIpc) is 2.74. The second-order valence-corrected chi connectivity index (χ2v) is 6.41. The Kier molecular flexibility index (Phi) is 6.58. The number of ether oxygens (including phenoxy) is 1. The lowest BCUT2D eigenvalue weighted by Gasteiger charge is -2.17. The Morgan fingerprint density at radius 1 is 0.963 bits per heavy atom. The summed E-state index contributed by atoms with van der Waals surface area (Å²) in [5.74, 6) is 0.667. The first-order chi connectivity index (χ1) is 13.3. The molecule has 0 aliphatic rings. The monoisotopic (exact) mass is 360 g/mol. The van der Waals surface area contributed by atoms with Gasteiger partial charge in [0.2, 0.25) is 5.91 Å². The van der Waals surface area contributed by atoms with E-state index in [0.717, 1.165) is 23.3 Å². The van der Waals surface area contributed by atoms with Gasteiger partial charge in [-0.3, -0.25) is 9.78 Å². The SMILES string of the molecule is COc1ccc(CCNC(=O)C(Cc2ccncc2)c2ccccc2)cc1. The fourth-order valence-electron chi connectivity index (χ4n) is 3.05. The van der Waals surface area contributed by atoms with Crippen molar-refractivity contribution in [3.05, 3.63) is 95.8 Å². The molecule has 1 amide bonds. The number of carbonyl (C=O) groups excluding carboxylic acids is 1. The van der Waals surface area contributed by atoms with Crippen LogP contribution >= 0.6 is 0 Å². The van der Waals surface area contributed by atoms with Crippen LogP contribution in [0.2, 0.25) is 0 Å². The van der Waals surface area contributed by atoms with Crippen molar-refractivity contribution in [2.24, 2.45) is 0 Å². The lowest BCUT2D eigenvalue weighted by molar-refractivity contribution is -0.122. The Labute approximate surface area is 160 Å². The number of benzene rings is 2. The summed E-state index contributed by atoms with van der Waals surface area (Å²) < 4.78 is 5.17. The molecular weight excluding hydrogens is 336 g/mol. The van der Waals surface area contributed by atoms with Gasteiger partial charge in [-0.1, -0.05) is 42.5 Å². The van der Waals surface area contributed by atoms with Crippen molar-refractivity contribution in [2.45, 2.75) is 18.8 Å². The van der Waals surface area contributed by atoms with Crippen molar-refractivity contribution in [2.75, 3.05) is 13.7 Å². The van der Waals surface area contributed by atoms with E-state index in [9.17, 15) is 4.79 Å². The fraction of sp³-hybridized carbons (Fsp3) is 0.217. The van der Waals surface area contributed by atoms with Gasteiger partial charge in [-0.2, -0.15) is 0 Å². The van der Waals surface area contributed by atoms with Crippen molar-refractivity contribution in [3.63, 3.8) is 0 Å². The van der Waals surface area contributed by atoms with Gasteiger partial charge in [0.1, 0.15) is 5.75 Å². The number of pyridine rings is 1. The molecule has 1 unspecified atom stereocenters. The molecule has 1 heterocycles. The van der Waals surface area contributed by atoms with E-state index in [1.165, 1.54) is 5.56 Å². The minimum absolute atomic E-state index is 0.0477. The number of hydrogen-bond donors (Lipinski definition) is 1. The van der Waals surface area contributed by atoms with Crippen LogP contribution in [0.15, 0.2) is 79.1 Å². The van der Waals surface area contributed by atoms with Gasteiger partial charge >= 0.3 is 0 Å². The molecule has 27 heavy (non-hydrogen) atoms. The highest BCUT2D eigenvalue weighted by molar-refractivity contribution is 5.84. The first-order valence-corrected chi connectivity index (χ1v) is 9.11.